The Hall–Kier alpha value is -2.08. The van der Waals surface area contributed by atoms with Crippen LogP contribution in [0.4, 0.5) is 5.82 Å². The minimum Gasteiger partial charge on any atom is -0.352 e. The van der Waals surface area contributed by atoms with E-state index in [0.29, 0.717) is 23.8 Å². The molecule has 0 aromatic carbocycles. The van der Waals surface area contributed by atoms with Crippen LogP contribution in [0.3, 0.4) is 0 Å². The first-order valence-electron chi connectivity index (χ1n) is 7.20. The van der Waals surface area contributed by atoms with Crippen molar-refractivity contribution >= 4 is 23.3 Å². The van der Waals surface area contributed by atoms with Gasteiger partial charge >= 0.3 is 0 Å². The standard InChI is InChI=1S/C15H18ClN5O/c1-11-13(19(2)10-18-11)15(22)21-8-6-20(7-9-21)14-12(16)4-3-5-17-14/h3-5,10H,6-9H2,1-2H3. The van der Waals surface area contributed by atoms with Gasteiger partial charge in [-0.2, -0.15) is 0 Å². The van der Waals surface area contributed by atoms with E-state index in [-0.39, 0.29) is 5.91 Å². The summed E-state index contributed by atoms with van der Waals surface area (Å²) in [6.07, 6.45) is 3.41. The van der Waals surface area contributed by atoms with E-state index in [0.717, 1.165) is 24.6 Å². The lowest BCUT2D eigenvalue weighted by atomic mass is 10.2. The Morgan fingerprint density at radius 1 is 1.23 bits per heavy atom. The number of imidazole rings is 1. The smallest absolute Gasteiger partial charge is 0.272 e. The van der Waals surface area contributed by atoms with E-state index in [1.54, 1.807) is 17.1 Å². The highest BCUT2D eigenvalue weighted by molar-refractivity contribution is 6.32. The largest absolute Gasteiger partial charge is 0.352 e. The predicted octanol–water partition coefficient (Wildman–Crippen LogP) is 1.74. The fraction of sp³-hybridized carbons (Fsp3) is 0.400. The lowest BCUT2D eigenvalue weighted by Crippen LogP contribution is -2.49. The average molecular weight is 320 g/mol. The van der Waals surface area contributed by atoms with E-state index >= 15 is 0 Å². The third-order valence-corrected chi connectivity index (χ3v) is 4.22. The monoisotopic (exact) mass is 319 g/mol. The fourth-order valence-corrected chi connectivity index (χ4v) is 2.98. The third kappa shape index (κ3) is 2.66. The van der Waals surface area contributed by atoms with Gasteiger partial charge in [-0.05, 0) is 19.1 Å². The second-order valence-corrected chi connectivity index (χ2v) is 5.78. The first-order chi connectivity index (χ1) is 10.6. The van der Waals surface area contributed by atoms with Crippen LogP contribution in [0.2, 0.25) is 5.02 Å². The van der Waals surface area contributed by atoms with E-state index in [2.05, 4.69) is 14.9 Å². The quantitative estimate of drug-likeness (QED) is 0.846. The number of rotatable bonds is 2. The Bertz CT molecular complexity index is 671. The van der Waals surface area contributed by atoms with Crippen LogP contribution in [-0.2, 0) is 7.05 Å². The lowest BCUT2D eigenvalue weighted by molar-refractivity contribution is 0.0736. The molecule has 116 valence electrons. The Morgan fingerprint density at radius 2 is 1.95 bits per heavy atom. The van der Waals surface area contributed by atoms with E-state index in [1.165, 1.54) is 0 Å². The molecule has 0 radical (unpaired) electrons. The molecule has 1 aliphatic rings. The van der Waals surface area contributed by atoms with Crippen LogP contribution in [-0.4, -0.2) is 51.5 Å². The van der Waals surface area contributed by atoms with Gasteiger partial charge in [-0.15, -0.1) is 0 Å². The highest BCUT2D eigenvalue weighted by atomic mass is 35.5. The highest BCUT2D eigenvalue weighted by Crippen LogP contribution is 2.23. The van der Waals surface area contributed by atoms with Crippen LogP contribution in [0, 0.1) is 6.92 Å². The van der Waals surface area contributed by atoms with Gasteiger partial charge < -0.3 is 14.4 Å². The van der Waals surface area contributed by atoms with Gasteiger partial charge in [0.1, 0.15) is 11.5 Å². The molecule has 0 N–H and O–H groups in total. The molecule has 1 aliphatic heterocycles. The highest BCUT2D eigenvalue weighted by Gasteiger charge is 2.26. The normalized spacial score (nSPS) is 15.2. The molecular formula is C15H18ClN5O. The number of aryl methyl sites for hydroxylation is 2. The zero-order valence-electron chi connectivity index (χ0n) is 12.7. The first-order valence-corrected chi connectivity index (χ1v) is 7.58. The number of carbonyl (C=O) groups excluding carboxylic acids is 1. The van der Waals surface area contributed by atoms with Gasteiger partial charge in [0.05, 0.1) is 17.0 Å². The van der Waals surface area contributed by atoms with Crippen LogP contribution in [0.1, 0.15) is 16.2 Å². The summed E-state index contributed by atoms with van der Waals surface area (Å²) in [6, 6.07) is 3.65. The maximum Gasteiger partial charge on any atom is 0.272 e. The third-order valence-electron chi connectivity index (χ3n) is 3.93. The van der Waals surface area contributed by atoms with Crippen LogP contribution in [0.25, 0.3) is 0 Å². The second kappa shape index (κ2) is 5.96. The number of anilines is 1. The number of carbonyl (C=O) groups is 1. The van der Waals surface area contributed by atoms with Gasteiger partial charge in [0.15, 0.2) is 0 Å². The van der Waals surface area contributed by atoms with E-state index in [1.807, 2.05) is 31.0 Å². The molecular weight excluding hydrogens is 302 g/mol. The molecule has 0 bridgehead atoms. The molecule has 3 rings (SSSR count). The Kier molecular flexibility index (Phi) is 4.02. The predicted molar refractivity (Wildman–Crippen MR) is 85.3 cm³/mol. The zero-order valence-corrected chi connectivity index (χ0v) is 13.4. The zero-order chi connectivity index (χ0) is 15.7. The molecule has 0 saturated carbocycles. The van der Waals surface area contributed by atoms with Crippen molar-refractivity contribution in [1.82, 2.24) is 19.4 Å². The number of nitrogens with zero attached hydrogens (tertiary/aromatic N) is 5. The van der Waals surface area contributed by atoms with Gasteiger partial charge in [-0.25, -0.2) is 9.97 Å². The van der Waals surface area contributed by atoms with Crippen molar-refractivity contribution in [3.63, 3.8) is 0 Å². The van der Waals surface area contributed by atoms with E-state index < -0.39 is 0 Å². The van der Waals surface area contributed by atoms with Crippen molar-refractivity contribution in [2.24, 2.45) is 7.05 Å². The molecule has 1 saturated heterocycles. The van der Waals surface area contributed by atoms with E-state index in [9.17, 15) is 4.79 Å². The summed E-state index contributed by atoms with van der Waals surface area (Å²) in [7, 11) is 1.84. The molecule has 7 heteroatoms. The minimum absolute atomic E-state index is 0.0317. The molecule has 3 heterocycles. The number of piperazine rings is 1. The molecule has 0 aliphatic carbocycles. The van der Waals surface area contributed by atoms with Gasteiger partial charge in [0.2, 0.25) is 0 Å². The van der Waals surface area contributed by atoms with Crippen molar-refractivity contribution in [2.75, 3.05) is 31.1 Å². The Balaban J connectivity index is 1.70. The van der Waals surface area contributed by atoms with Crippen molar-refractivity contribution in [3.8, 4) is 0 Å². The summed E-state index contributed by atoms with van der Waals surface area (Å²) in [5.74, 6) is 0.817. The number of pyridine rings is 1. The SMILES string of the molecule is Cc1ncn(C)c1C(=O)N1CCN(c2ncccc2Cl)CC1. The van der Waals surface area contributed by atoms with Crippen LogP contribution in [0.15, 0.2) is 24.7 Å². The summed E-state index contributed by atoms with van der Waals surface area (Å²) in [6.45, 7) is 4.60. The lowest BCUT2D eigenvalue weighted by Gasteiger charge is -2.35. The van der Waals surface area contributed by atoms with Crippen LogP contribution >= 0.6 is 11.6 Å². The summed E-state index contributed by atoms with van der Waals surface area (Å²) in [4.78, 5) is 25.1. The fourth-order valence-electron chi connectivity index (χ4n) is 2.73. The van der Waals surface area contributed by atoms with Gasteiger partial charge in [0, 0.05) is 39.4 Å². The number of amides is 1. The van der Waals surface area contributed by atoms with Gasteiger partial charge in [0.25, 0.3) is 5.91 Å². The second-order valence-electron chi connectivity index (χ2n) is 5.38. The number of hydrogen-bond acceptors (Lipinski definition) is 4. The van der Waals surface area contributed by atoms with Gasteiger partial charge in [-0.3, -0.25) is 4.79 Å². The van der Waals surface area contributed by atoms with Crippen LogP contribution in [0.5, 0.6) is 0 Å². The summed E-state index contributed by atoms with van der Waals surface area (Å²) in [5, 5.41) is 0.643. The molecule has 0 atom stereocenters. The molecule has 6 nitrogen and oxygen atoms in total. The van der Waals surface area contributed by atoms with Crippen molar-refractivity contribution in [1.29, 1.82) is 0 Å². The molecule has 1 fully saturated rings. The van der Waals surface area contributed by atoms with Crippen LogP contribution < -0.4 is 4.90 Å². The molecule has 1 amide bonds. The molecule has 2 aromatic heterocycles. The van der Waals surface area contributed by atoms with E-state index in [4.69, 9.17) is 11.6 Å². The molecule has 0 spiro atoms. The summed E-state index contributed by atoms with van der Waals surface area (Å²) < 4.78 is 1.78. The molecule has 2 aromatic rings. The summed E-state index contributed by atoms with van der Waals surface area (Å²) in [5.41, 5.74) is 1.42. The van der Waals surface area contributed by atoms with Crippen molar-refractivity contribution < 1.29 is 4.79 Å². The van der Waals surface area contributed by atoms with Crippen molar-refractivity contribution in [3.05, 3.63) is 41.1 Å². The molecule has 22 heavy (non-hydrogen) atoms. The van der Waals surface area contributed by atoms with Gasteiger partial charge in [-0.1, -0.05) is 11.6 Å². The number of hydrogen-bond donors (Lipinski definition) is 0. The number of halogens is 1. The van der Waals surface area contributed by atoms with Crippen molar-refractivity contribution in [2.45, 2.75) is 6.92 Å². The average Bonchev–Trinajstić information content (AvgIpc) is 2.86. The topological polar surface area (TPSA) is 54.3 Å². The maximum atomic E-state index is 12.6. The number of aromatic nitrogens is 3. The summed E-state index contributed by atoms with van der Waals surface area (Å²) >= 11 is 6.18. The minimum atomic E-state index is 0.0317. The Morgan fingerprint density at radius 3 is 2.55 bits per heavy atom. The molecule has 0 unspecified atom stereocenters. The Labute approximate surface area is 134 Å². The maximum absolute atomic E-state index is 12.6. The first kappa shape index (κ1) is 14.8.